The van der Waals surface area contributed by atoms with E-state index in [1.54, 1.807) is 6.20 Å². The van der Waals surface area contributed by atoms with E-state index in [2.05, 4.69) is 26.7 Å². The van der Waals surface area contributed by atoms with Crippen LogP contribution in [-0.2, 0) is 6.42 Å². The van der Waals surface area contributed by atoms with Gasteiger partial charge in [0.2, 0.25) is 5.88 Å². The molecule has 2 unspecified atom stereocenters. The number of allylic oxidation sites excluding steroid dienone is 1. The number of benzene rings is 2. The molecule has 7 nitrogen and oxygen atoms in total. The third-order valence-electron chi connectivity index (χ3n) is 6.08. The largest absolute Gasteiger partial charge is 0.470 e. The van der Waals surface area contributed by atoms with Crippen molar-refractivity contribution in [3.8, 4) is 23.1 Å². The minimum atomic E-state index is -0.735. The number of fused-ring (bicyclic) bond motifs is 1. The summed E-state index contributed by atoms with van der Waals surface area (Å²) in [5.74, 6) is 0.603. The van der Waals surface area contributed by atoms with Crippen molar-refractivity contribution in [3.05, 3.63) is 89.8 Å². The molecule has 1 aliphatic rings. The van der Waals surface area contributed by atoms with Gasteiger partial charge in [-0.15, -0.1) is 0 Å². The summed E-state index contributed by atoms with van der Waals surface area (Å²) in [7, 11) is 0. The van der Waals surface area contributed by atoms with Crippen molar-refractivity contribution in [3.63, 3.8) is 0 Å². The van der Waals surface area contributed by atoms with Gasteiger partial charge in [0.15, 0.2) is 0 Å². The molecule has 3 aromatic rings. The number of aliphatic hydroxyl groups excluding tert-OH is 1. The van der Waals surface area contributed by atoms with Gasteiger partial charge >= 0.3 is 0 Å². The predicted octanol–water partition coefficient (Wildman–Crippen LogP) is 4.65. The lowest BCUT2D eigenvalue weighted by Gasteiger charge is -2.27. The van der Waals surface area contributed by atoms with Gasteiger partial charge in [-0.1, -0.05) is 42.5 Å². The van der Waals surface area contributed by atoms with Crippen LogP contribution in [0.15, 0.2) is 78.1 Å². The second-order valence-corrected chi connectivity index (χ2v) is 8.74. The van der Waals surface area contributed by atoms with Gasteiger partial charge in [-0.05, 0) is 61.7 Å². The number of hydrogen-bond donors (Lipinski definition) is 3. The molecule has 2 aromatic carbocycles. The Bertz CT molecular complexity index is 1260. The van der Waals surface area contributed by atoms with Crippen molar-refractivity contribution >= 4 is 11.4 Å². The first-order chi connectivity index (χ1) is 17.6. The van der Waals surface area contributed by atoms with Gasteiger partial charge in [0.25, 0.3) is 0 Å². The highest BCUT2D eigenvalue weighted by atomic mass is 16.5. The van der Waals surface area contributed by atoms with E-state index in [4.69, 9.17) is 10.00 Å². The highest BCUT2D eigenvalue weighted by Gasteiger charge is 2.21. The number of aliphatic imine (C=N–C) groups is 1. The van der Waals surface area contributed by atoms with Crippen molar-refractivity contribution in [2.75, 3.05) is 25.0 Å². The Morgan fingerprint density at radius 1 is 1.25 bits per heavy atom. The number of ether oxygens (including phenoxy) is 1. The summed E-state index contributed by atoms with van der Waals surface area (Å²) in [6.07, 6.45) is 5.47. The standard InChI is InChI=1S/C29H31N5O2/c1-3-13-32-20(2)28(35)24-10-8-23(9-11-24)25-15-27-29(34-17-25)36-26(19-33-27)18-31-14-12-21-4-6-22(16-30)7-5-21/h3-11,13,15,17,26,28,31,33,35H,12,14,18-19H2,1-2H3/b13-3-,32-20?. The summed E-state index contributed by atoms with van der Waals surface area (Å²) >= 11 is 0. The quantitative estimate of drug-likeness (QED) is 0.304. The topological polar surface area (TPSA) is 103 Å². The second kappa shape index (κ2) is 12.1. The molecule has 36 heavy (non-hydrogen) atoms. The zero-order chi connectivity index (χ0) is 25.3. The molecule has 0 aliphatic carbocycles. The van der Waals surface area contributed by atoms with Crippen LogP contribution in [0.1, 0.15) is 36.6 Å². The van der Waals surface area contributed by atoms with Crippen molar-refractivity contribution in [1.29, 1.82) is 5.26 Å². The van der Waals surface area contributed by atoms with Crippen LogP contribution in [-0.4, -0.2) is 41.5 Å². The van der Waals surface area contributed by atoms with E-state index in [9.17, 15) is 5.11 Å². The first-order valence-electron chi connectivity index (χ1n) is 12.1. The minimum Gasteiger partial charge on any atom is -0.470 e. The smallest absolute Gasteiger partial charge is 0.237 e. The van der Waals surface area contributed by atoms with Gasteiger partial charge in [0.1, 0.15) is 12.2 Å². The van der Waals surface area contributed by atoms with Gasteiger partial charge in [-0.2, -0.15) is 5.26 Å². The third-order valence-corrected chi connectivity index (χ3v) is 6.08. The summed E-state index contributed by atoms with van der Waals surface area (Å²) in [4.78, 5) is 8.78. The van der Waals surface area contributed by atoms with Crippen LogP contribution in [0.5, 0.6) is 5.88 Å². The summed E-state index contributed by atoms with van der Waals surface area (Å²) in [5.41, 5.74) is 6.19. The van der Waals surface area contributed by atoms with E-state index in [1.807, 2.05) is 80.7 Å². The molecule has 2 heterocycles. The zero-order valence-corrected chi connectivity index (χ0v) is 20.6. The Morgan fingerprint density at radius 3 is 2.75 bits per heavy atom. The van der Waals surface area contributed by atoms with Crippen molar-refractivity contribution in [1.82, 2.24) is 10.3 Å². The highest BCUT2D eigenvalue weighted by molar-refractivity contribution is 5.88. The molecule has 0 radical (unpaired) electrons. The molecule has 2 atom stereocenters. The molecule has 0 fully saturated rings. The van der Waals surface area contributed by atoms with Gasteiger partial charge < -0.3 is 20.5 Å². The predicted molar refractivity (Wildman–Crippen MR) is 143 cm³/mol. The maximum atomic E-state index is 10.5. The summed E-state index contributed by atoms with van der Waals surface area (Å²) < 4.78 is 6.09. The number of hydrogen-bond acceptors (Lipinski definition) is 7. The molecule has 0 saturated carbocycles. The summed E-state index contributed by atoms with van der Waals surface area (Å²) in [6.45, 7) is 5.94. The zero-order valence-electron chi connectivity index (χ0n) is 20.6. The van der Waals surface area contributed by atoms with E-state index in [-0.39, 0.29) is 6.10 Å². The van der Waals surface area contributed by atoms with Crippen LogP contribution in [0.4, 0.5) is 5.69 Å². The van der Waals surface area contributed by atoms with Crippen LogP contribution >= 0.6 is 0 Å². The van der Waals surface area contributed by atoms with Crippen LogP contribution in [0, 0.1) is 11.3 Å². The fourth-order valence-corrected chi connectivity index (χ4v) is 3.97. The maximum Gasteiger partial charge on any atom is 0.237 e. The number of nitrogens with zero attached hydrogens (tertiary/aromatic N) is 3. The average molecular weight is 482 g/mol. The Balaban J connectivity index is 1.30. The molecule has 7 heteroatoms. The maximum absolute atomic E-state index is 10.5. The Labute approximate surface area is 212 Å². The van der Waals surface area contributed by atoms with Crippen LogP contribution in [0.3, 0.4) is 0 Å². The van der Waals surface area contributed by atoms with E-state index in [1.165, 1.54) is 5.56 Å². The second-order valence-electron chi connectivity index (χ2n) is 8.74. The number of rotatable bonds is 9. The SMILES string of the molecule is C/C=C\N=C(C)C(O)c1ccc(-c2cnc3c(c2)NCC(CNCCc2ccc(C#N)cc2)O3)cc1. The molecule has 1 aromatic heterocycles. The van der Waals surface area contributed by atoms with Crippen molar-refractivity contribution < 1.29 is 9.84 Å². The normalized spacial score (nSPS) is 16.1. The lowest BCUT2D eigenvalue weighted by molar-refractivity contribution is 0.194. The number of nitriles is 1. The molecular weight excluding hydrogens is 450 g/mol. The van der Waals surface area contributed by atoms with Crippen LogP contribution < -0.4 is 15.4 Å². The van der Waals surface area contributed by atoms with Crippen molar-refractivity contribution in [2.24, 2.45) is 4.99 Å². The summed E-state index contributed by atoms with van der Waals surface area (Å²) in [5, 5.41) is 26.3. The average Bonchev–Trinajstić information content (AvgIpc) is 2.93. The molecular formula is C29H31N5O2. The van der Waals surface area contributed by atoms with Crippen molar-refractivity contribution in [2.45, 2.75) is 32.5 Å². The first kappa shape index (κ1) is 25.1. The monoisotopic (exact) mass is 481 g/mol. The van der Waals surface area contributed by atoms with Gasteiger partial charge in [-0.25, -0.2) is 4.98 Å². The van der Waals surface area contributed by atoms with E-state index in [0.29, 0.717) is 30.2 Å². The lowest BCUT2D eigenvalue weighted by Crippen LogP contribution is -2.40. The fraction of sp³-hybridized carbons (Fsp3) is 0.276. The van der Waals surface area contributed by atoms with E-state index in [0.717, 1.165) is 35.3 Å². The molecule has 0 amide bonds. The molecule has 1 aliphatic heterocycles. The number of anilines is 1. The molecule has 0 bridgehead atoms. The van der Waals surface area contributed by atoms with E-state index < -0.39 is 6.10 Å². The molecule has 3 N–H and O–H groups in total. The van der Waals surface area contributed by atoms with Gasteiger partial charge in [-0.3, -0.25) is 4.99 Å². The molecule has 0 saturated heterocycles. The van der Waals surface area contributed by atoms with Gasteiger partial charge in [0.05, 0.1) is 23.9 Å². The number of aliphatic hydroxyl groups is 1. The highest BCUT2D eigenvalue weighted by Crippen LogP contribution is 2.31. The number of nitrogens with one attached hydrogen (secondary N) is 2. The van der Waals surface area contributed by atoms with Gasteiger partial charge in [0, 0.05) is 30.2 Å². The Morgan fingerprint density at radius 2 is 2.03 bits per heavy atom. The third kappa shape index (κ3) is 6.36. The summed E-state index contributed by atoms with van der Waals surface area (Å²) in [6, 6.07) is 19.7. The fourth-order valence-electron chi connectivity index (χ4n) is 3.97. The Hall–Kier alpha value is -3.99. The number of pyridine rings is 1. The van der Waals surface area contributed by atoms with Crippen LogP contribution in [0.2, 0.25) is 0 Å². The van der Waals surface area contributed by atoms with Crippen LogP contribution in [0.25, 0.3) is 11.1 Å². The molecule has 184 valence electrons. The first-order valence-corrected chi connectivity index (χ1v) is 12.1. The lowest BCUT2D eigenvalue weighted by atomic mass is 10.0. The van der Waals surface area contributed by atoms with E-state index >= 15 is 0 Å². The number of aromatic nitrogens is 1. The molecule has 0 spiro atoms. The molecule has 4 rings (SSSR count). The Kier molecular flexibility index (Phi) is 8.45. The minimum absolute atomic E-state index is 0.00922.